The average Bonchev–Trinajstić information content (AvgIpc) is 3.02. The summed E-state index contributed by atoms with van der Waals surface area (Å²) in [5.74, 6) is 4.25. The zero-order chi connectivity index (χ0) is 17.4. The van der Waals surface area contributed by atoms with Crippen LogP contribution in [0.5, 0.6) is 0 Å². The minimum absolute atomic E-state index is 0.143. The highest BCUT2D eigenvalue weighted by atomic mass is 32.2. The van der Waals surface area contributed by atoms with Gasteiger partial charge in [-0.3, -0.25) is 9.79 Å². The highest BCUT2D eigenvalue weighted by Crippen LogP contribution is 2.36. The largest absolute Gasteiger partial charge is 0.355 e. The highest BCUT2D eigenvalue weighted by molar-refractivity contribution is 8.00. The van der Waals surface area contributed by atoms with Gasteiger partial charge in [0.05, 0.1) is 6.54 Å². The molecular weight excluding hydrogens is 320 g/mol. The SMILES string of the molecule is C#Cc1cccc(NC(=O)CNC(=NC)NCC2(C)CCCS2)c1. The van der Waals surface area contributed by atoms with Crippen LogP contribution in [0.25, 0.3) is 0 Å². The third-order valence-corrected chi connectivity index (χ3v) is 5.42. The van der Waals surface area contributed by atoms with Crippen LogP contribution >= 0.6 is 11.8 Å². The topological polar surface area (TPSA) is 65.5 Å². The van der Waals surface area contributed by atoms with Crippen molar-refractivity contribution < 1.29 is 4.79 Å². The third-order valence-electron chi connectivity index (χ3n) is 3.88. The summed E-state index contributed by atoms with van der Waals surface area (Å²) in [6, 6.07) is 7.22. The Bertz CT molecular complexity index is 645. The van der Waals surface area contributed by atoms with Crippen molar-refractivity contribution in [3.05, 3.63) is 29.8 Å². The van der Waals surface area contributed by atoms with Gasteiger partial charge in [0.1, 0.15) is 0 Å². The van der Waals surface area contributed by atoms with Crippen LogP contribution in [-0.4, -0.2) is 42.5 Å². The first-order chi connectivity index (χ1) is 11.5. The van der Waals surface area contributed by atoms with Crippen LogP contribution < -0.4 is 16.0 Å². The molecule has 1 heterocycles. The molecule has 1 atom stereocenters. The molecule has 1 aromatic rings. The number of thioether (sulfide) groups is 1. The van der Waals surface area contributed by atoms with Gasteiger partial charge in [-0.15, -0.1) is 6.42 Å². The van der Waals surface area contributed by atoms with Crippen LogP contribution in [0.15, 0.2) is 29.3 Å². The maximum Gasteiger partial charge on any atom is 0.243 e. The second-order valence-corrected chi connectivity index (χ2v) is 7.64. The predicted molar refractivity (Wildman–Crippen MR) is 102 cm³/mol. The Hall–Kier alpha value is -2.13. The van der Waals surface area contributed by atoms with Gasteiger partial charge in [-0.25, -0.2) is 0 Å². The van der Waals surface area contributed by atoms with Crippen LogP contribution in [0.2, 0.25) is 0 Å². The Balaban J connectivity index is 1.78. The van der Waals surface area contributed by atoms with Crippen molar-refractivity contribution in [2.45, 2.75) is 24.5 Å². The quantitative estimate of drug-likeness (QED) is 0.435. The van der Waals surface area contributed by atoms with Gasteiger partial charge in [-0.2, -0.15) is 11.8 Å². The molecule has 0 aromatic heterocycles. The molecule has 128 valence electrons. The summed E-state index contributed by atoms with van der Waals surface area (Å²) in [4.78, 5) is 16.2. The van der Waals surface area contributed by atoms with Gasteiger partial charge in [0, 0.05) is 29.6 Å². The molecular formula is C18H24N4OS. The number of carbonyl (C=O) groups excluding carboxylic acids is 1. The molecule has 0 radical (unpaired) electrons. The molecule has 0 spiro atoms. The van der Waals surface area contributed by atoms with E-state index in [1.807, 2.05) is 30.0 Å². The fraction of sp³-hybridized carbons (Fsp3) is 0.444. The smallest absolute Gasteiger partial charge is 0.243 e. The number of guanidine groups is 1. The second-order valence-electron chi connectivity index (χ2n) is 5.95. The highest BCUT2D eigenvalue weighted by Gasteiger charge is 2.29. The number of nitrogens with one attached hydrogen (secondary N) is 3. The molecule has 0 saturated carbocycles. The number of terminal acetylenes is 1. The van der Waals surface area contributed by atoms with Gasteiger partial charge < -0.3 is 16.0 Å². The molecule has 1 amide bonds. The Morgan fingerprint density at radius 1 is 1.46 bits per heavy atom. The molecule has 1 aliphatic heterocycles. The zero-order valence-corrected chi connectivity index (χ0v) is 15.0. The van der Waals surface area contributed by atoms with E-state index in [4.69, 9.17) is 6.42 Å². The normalized spacial score (nSPS) is 20.3. The molecule has 1 aliphatic rings. The number of hydrogen-bond donors (Lipinski definition) is 3. The van der Waals surface area contributed by atoms with E-state index >= 15 is 0 Å². The molecule has 1 aromatic carbocycles. The minimum atomic E-state index is -0.145. The first-order valence-electron chi connectivity index (χ1n) is 8.00. The third kappa shape index (κ3) is 5.50. The van der Waals surface area contributed by atoms with Gasteiger partial charge in [0.15, 0.2) is 5.96 Å². The van der Waals surface area contributed by atoms with Crippen LogP contribution in [-0.2, 0) is 4.79 Å². The maximum absolute atomic E-state index is 12.0. The molecule has 24 heavy (non-hydrogen) atoms. The second kappa shape index (κ2) is 8.65. The van der Waals surface area contributed by atoms with E-state index in [0.717, 1.165) is 12.1 Å². The van der Waals surface area contributed by atoms with Gasteiger partial charge in [-0.1, -0.05) is 12.0 Å². The van der Waals surface area contributed by atoms with Crippen molar-refractivity contribution >= 4 is 29.3 Å². The molecule has 1 saturated heterocycles. The molecule has 6 heteroatoms. The number of hydrogen-bond acceptors (Lipinski definition) is 3. The number of anilines is 1. The van der Waals surface area contributed by atoms with E-state index in [1.165, 1.54) is 18.6 Å². The van der Waals surface area contributed by atoms with Gasteiger partial charge in [0.2, 0.25) is 5.91 Å². The summed E-state index contributed by atoms with van der Waals surface area (Å²) in [5.41, 5.74) is 1.43. The lowest BCUT2D eigenvalue weighted by Crippen LogP contribution is -2.45. The lowest BCUT2D eigenvalue weighted by Gasteiger charge is -2.24. The average molecular weight is 344 g/mol. The van der Waals surface area contributed by atoms with E-state index in [1.54, 1.807) is 13.1 Å². The van der Waals surface area contributed by atoms with Crippen molar-refractivity contribution in [2.24, 2.45) is 4.99 Å². The van der Waals surface area contributed by atoms with Gasteiger partial charge in [0.25, 0.3) is 0 Å². The van der Waals surface area contributed by atoms with Crippen LogP contribution in [0.1, 0.15) is 25.3 Å². The molecule has 5 nitrogen and oxygen atoms in total. The van der Waals surface area contributed by atoms with Crippen molar-refractivity contribution in [3.8, 4) is 12.3 Å². The Morgan fingerprint density at radius 2 is 2.29 bits per heavy atom. The lowest BCUT2D eigenvalue weighted by atomic mass is 10.1. The zero-order valence-electron chi connectivity index (χ0n) is 14.2. The van der Waals surface area contributed by atoms with E-state index in [9.17, 15) is 4.79 Å². The Labute approximate surface area is 148 Å². The van der Waals surface area contributed by atoms with Gasteiger partial charge in [-0.05, 0) is 43.7 Å². The minimum Gasteiger partial charge on any atom is -0.355 e. The number of carbonyl (C=O) groups is 1. The van der Waals surface area contributed by atoms with Gasteiger partial charge >= 0.3 is 0 Å². The number of nitrogens with zero attached hydrogens (tertiary/aromatic N) is 1. The molecule has 1 fully saturated rings. The van der Waals surface area contributed by atoms with E-state index < -0.39 is 0 Å². The lowest BCUT2D eigenvalue weighted by molar-refractivity contribution is -0.115. The predicted octanol–water partition coefficient (Wildman–Crippen LogP) is 2.06. The van der Waals surface area contributed by atoms with Crippen molar-refractivity contribution in [3.63, 3.8) is 0 Å². The summed E-state index contributed by atoms with van der Waals surface area (Å²) in [7, 11) is 1.70. The maximum atomic E-state index is 12.0. The standard InChI is InChI=1S/C18H24N4OS/c1-4-14-7-5-8-15(11-14)22-16(23)12-20-17(19-3)21-13-18(2)9-6-10-24-18/h1,5,7-8,11H,6,9-10,12-13H2,2-3H3,(H,22,23)(H2,19,20,21). The summed E-state index contributed by atoms with van der Waals surface area (Å²) < 4.78 is 0.246. The first kappa shape index (κ1) is 18.2. The van der Waals surface area contributed by atoms with E-state index in [-0.39, 0.29) is 17.2 Å². The summed E-state index contributed by atoms with van der Waals surface area (Å²) in [5, 5.41) is 9.15. The van der Waals surface area contributed by atoms with Crippen molar-refractivity contribution in [1.29, 1.82) is 0 Å². The fourth-order valence-electron chi connectivity index (χ4n) is 2.52. The molecule has 1 unspecified atom stereocenters. The van der Waals surface area contributed by atoms with Crippen LogP contribution in [0, 0.1) is 12.3 Å². The van der Waals surface area contributed by atoms with E-state index in [2.05, 4.69) is 33.8 Å². The summed E-state index contributed by atoms with van der Waals surface area (Å²) >= 11 is 1.99. The Morgan fingerprint density at radius 3 is 2.96 bits per heavy atom. The van der Waals surface area contributed by atoms with Crippen LogP contribution in [0.4, 0.5) is 5.69 Å². The van der Waals surface area contributed by atoms with E-state index in [0.29, 0.717) is 11.6 Å². The number of aliphatic imine (C=N–C) groups is 1. The number of amides is 1. The Kier molecular flexibility index (Phi) is 6.56. The first-order valence-corrected chi connectivity index (χ1v) is 8.98. The number of rotatable bonds is 5. The van der Waals surface area contributed by atoms with Crippen LogP contribution in [0.3, 0.4) is 0 Å². The summed E-state index contributed by atoms with van der Waals surface area (Å²) in [6.45, 7) is 3.24. The fourth-order valence-corrected chi connectivity index (χ4v) is 3.77. The van der Waals surface area contributed by atoms with Crippen molar-refractivity contribution in [1.82, 2.24) is 10.6 Å². The molecule has 2 rings (SSSR count). The molecule has 3 N–H and O–H groups in total. The molecule has 0 bridgehead atoms. The van der Waals surface area contributed by atoms with Crippen molar-refractivity contribution in [2.75, 3.05) is 31.2 Å². The monoisotopic (exact) mass is 344 g/mol. The molecule has 0 aliphatic carbocycles. The number of benzene rings is 1. The summed E-state index contributed by atoms with van der Waals surface area (Å²) in [6.07, 6.45) is 7.82.